The SMILES string of the molecule is Cc1cccc(Cn2cc(Cl)c(NC(=O)C3CC(c4cccc(Br)c4)=NO3)n2)c1. The van der Waals surface area contributed by atoms with Crippen LogP contribution in [0.15, 0.2) is 64.4 Å². The molecule has 1 aliphatic heterocycles. The second kappa shape index (κ2) is 8.39. The fourth-order valence-electron chi connectivity index (χ4n) is 3.11. The van der Waals surface area contributed by atoms with Crippen molar-refractivity contribution in [3.8, 4) is 0 Å². The molecule has 0 saturated heterocycles. The molecule has 2 heterocycles. The van der Waals surface area contributed by atoms with Gasteiger partial charge in [-0.05, 0) is 24.6 Å². The number of halogens is 2. The van der Waals surface area contributed by atoms with Crippen LogP contribution in [-0.2, 0) is 16.2 Å². The zero-order valence-electron chi connectivity index (χ0n) is 15.6. The van der Waals surface area contributed by atoms with E-state index in [0.29, 0.717) is 23.8 Å². The molecule has 0 bridgehead atoms. The zero-order valence-corrected chi connectivity index (χ0v) is 17.9. The van der Waals surface area contributed by atoms with Crippen LogP contribution < -0.4 is 5.32 Å². The first-order valence-electron chi connectivity index (χ1n) is 9.06. The van der Waals surface area contributed by atoms with Gasteiger partial charge in [0.2, 0.25) is 6.10 Å². The number of carbonyl (C=O) groups is 1. The molecule has 0 aliphatic carbocycles. The number of amides is 1. The van der Waals surface area contributed by atoms with Gasteiger partial charge in [0.15, 0.2) is 5.82 Å². The Morgan fingerprint density at radius 2 is 2.14 bits per heavy atom. The van der Waals surface area contributed by atoms with Gasteiger partial charge in [-0.2, -0.15) is 5.10 Å². The maximum atomic E-state index is 12.6. The predicted octanol–water partition coefficient (Wildman–Crippen LogP) is 4.79. The van der Waals surface area contributed by atoms with Crippen LogP contribution in [0.4, 0.5) is 5.82 Å². The van der Waals surface area contributed by atoms with E-state index >= 15 is 0 Å². The van der Waals surface area contributed by atoms with Crippen LogP contribution >= 0.6 is 27.5 Å². The van der Waals surface area contributed by atoms with E-state index in [0.717, 1.165) is 21.3 Å². The van der Waals surface area contributed by atoms with Gasteiger partial charge in [0.1, 0.15) is 5.02 Å². The van der Waals surface area contributed by atoms with Gasteiger partial charge in [-0.1, -0.05) is 74.6 Å². The van der Waals surface area contributed by atoms with E-state index < -0.39 is 6.10 Å². The fraction of sp³-hybridized carbons (Fsp3) is 0.190. The second-order valence-electron chi connectivity index (χ2n) is 6.85. The summed E-state index contributed by atoms with van der Waals surface area (Å²) in [6, 6.07) is 15.9. The van der Waals surface area contributed by atoms with Crippen LogP contribution in [0.2, 0.25) is 5.02 Å². The normalized spacial score (nSPS) is 15.7. The van der Waals surface area contributed by atoms with Gasteiger partial charge in [-0.3, -0.25) is 9.48 Å². The lowest BCUT2D eigenvalue weighted by atomic mass is 10.0. The number of hydrogen-bond acceptors (Lipinski definition) is 4. The Hall–Kier alpha value is -2.64. The van der Waals surface area contributed by atoms with Gasteiger partial charge in [0.05, 0.1) is 12.3 Å². The third-order valence-electron chi connectivity index (χ3n) is 4.50. The Labute approximate surface area is 181 Å². The Bertz CT molecular complexity index is 1100. The topological polar surface area (TPSA) is 68.5 Å². The molecule has 0 saturated carbocycles. The molecule has 2 aromatic carbocycles. The van der Waals surface area contributed by atoms with Crippen LogP contribution in [0, 0.1) is 6.92 Å². The fourth-order valence-corrected chi connectivity index (χ4v) is 3.71. The summed E-state index contributed by atoms with van der Waals surface area (Å²) in [7, 11) is 0. The lowest BCUT2D eigenvalue weighted by molar-refractivity contribution is -0.125. The highest BCUT2D eigenvalue weighted by Gasteiger charge is 2.30. The first-order valence-corrected chi connectivity index (χ1v) is 10.2. The molecule has 3 aromatic rings. The molecule has 0 fully saturated rings. The van der Waals surface area contributed by atoms with E-state index in [1.165, 1.54) is 5.56 Å². The number of anilines is 1. The van der Waals surface area contributed by atoms with Crippen molar-refractivity contribution in [2.75, 3.05) is 5.32 Å². The van der Waals surface area contributed by atoms with Crippen molar-refractivity contribution in [3.05, 3.63) is 80.9 Å². The monoisotopic (exact) mass is 472 g/mol. The van der Waals surface area contributed by atoms with Gasteiger partial charge in [-0.25, -0.2) is 0 Å². The average molecular weight is 474 g/mol. The summed E-state index contributed by atoms with van der Waals surface area (Å²) in [5.41, 5.74) is 3.92. The molecule has 1 amide bonds. The maximum Gasteiger partial charge on any atom is 0.269 e. The van der Waals surface area contributed by atoms with Crippen LogP contribution in [0.1, 0.15) is 23.1 Å². The van der Waals surface area contributed by atoms with E-state index in [2.05, 4.69) is 37.6 Å². The lowest BCUT2D eigenvalue weighted by Gasteiger charge is -2.08. The first-order chi connectivity index (χ1) is 14.0. The van der Waals surface area contributed by atoms with Crippen molar-refractivity contribution < 1.29 is 9.63 Å². The average Bonchev–Trinajstić information content (AvgIpc) is 3.29. The number of benzene rings is 2. The number of carbonyl (C=O) groups excluding carboxylic acids is 1. The van der Waals surface area contributed by atoms with Crippen LogP contribution in [0.25, 0.3) is 0 Å². The number of oxime groups is 1. The maximum absolute atomic E-state index is 12.6. The highest BCUT2D eigenvalue weighted by Crippen LogP contribution is 2.23. The van der Waals surface area contributed by atoms with Gasteiger partial charge in [0, 0.05) is 22.7 Å². The highest BCUT2D eigenvalue weighted by atomic mass is 79.9. The predicted molar refractivity (Wildman–Crippen MR) is 116 cm³/mol. The molecule has 1 aliphatic rings. The number of aromatic nitrogens is 2. The Morgan fingerprint density at radius 3 is 2.93 bits per heavy atom. The summed E-state index contributed by atoms with van der Waals surface area (Å²) in [5.74, 6) is -0.0229. The molecule has 0 radical (unpaired) electrons. The molecule has 1 N–H and O–H groups in total. The standard InChI is InChI=1S/C21H18BrClN4O2/c1-13-4-2-5-14(8-13)11-27-12-17(23)20(25-27)24-21(28)19-10-18(26-29-19)15-6-3-7-16(22)9-15/h2-9,12,19H,10-11H2,1H3,(H,24,25,28). The minimum atomic E-state index is -0.720. The smallest absolute Gasteiger partial charge is 0.269 e. The Balaban J connectivity index is 1.40. The molecule has 1 aromatic heterocycles. The van der Waals surface area contributed by atoms with Gasteiger partial charge < -0.3 is 10.2 Å². The van der Waals surface area contributed by atoms with Crippen molar-refractivity contribution in [1.29, 1.82) is 0 Å². The molecule has 1 unspecified atom stereocenters. The summed E-state index contributed by atoms with van der Waals surface area (Å²) >= 11 is 9.70. The Morgan fingerprint density at radius 1 is 1.31 bits per heavy atom. The van der Waals surface area contributed by atoms with Gasteiger partial charge in [0.25, 0.3) is 5.91 Å². The number of rotatable bonds is 5. The molecule has 0 spiro atoms. The Kier molecular flexibility index (Phi) is 5.69. The number of nitrogens with one attached hydrogen (secondary N) is 1. The quantitative estimate of drug-likeness (QED) is 0.579. The van der Waals surface area contributed by atoms with Crippen LogP contribution in [0.3, 0.4) is 0 Å². The molecule has 6 nitrogen and oxygen atoms in total. The van der Waals surface area contributed by atoms with E-state index in [4.69, 9.17) is 16.4 Å². The highest BCUT2D eigenvalue weighted by molar-refractivity contribution is 9.10. The molecule has 8 heteroatoms. The molecule has 29 heavy (non-hydrogen) atoms. The van der Waals surface area contributed by atoms with Crippen molar-refractivity contribution in [3.63, 3.8) is 0 Å². The van der Waals surface area contributed by atoms with Crippen molar-refractivity contribution in [1.82, 2.24) is 9.78 Å². The van der Waals surface area contributed by atoms with Crippen molar-refractivity contribution in [2.45, 2.75) is 26.0 Å². The number of aryl methyl sites for hydroxylation is 1. The lowest BCUT2D eigenvalue weighted by Crippen LogP contribution is -2.28. The minimum absolute atomic E-state index is 0.309. The molecular weight excluding hydrogens is 456 g/mol. The van der Waals surface area contributed by atoms with E-state index in [1.807, 2.05) is 49.4 Å². The van der Waals surface area contributed by atoms with E-state index in [-0.39, 0.29) is 5.91 Å². The van der Waals surface area contributed by atoms with Crippen molar-refractivity contribution in [2.24, 2.45) is 5.16 Å². The summed E-state index contributed by atoms with van der Waals surface area (Å²) in [4.78, 5) is 17.9. The van der Waals surface area contributed by atoms with Crippen LogP contribution in [0.5, 0.6) is 0 Å². The van der Waals surface area contributed by atoms with Crippen LogP contribution in [-0.4, -0.2) is 27.5 Å². The summed E-state index contributed by atoms with van der Waals surface area (Å²) in [6.07, 6.45) is 1.35. The molecule has 148 valence electrons. The van der Waals surface area contributed by atoms with Gasteiger partial charge in [-0.15, -0.1) is 0 Å². The molecular formula is C21H18BrClN4O2. The molecule has 1 atom stereocenters. The number of nitrogens with zero attached hydrogens (tertiary/aromatic N) is 3. The third-order valence-corrected chi connectivity index (χ3v) is 5.27. The zero-order chi connectivity index (χ0) is 20.4. The number of hydrogen-bond donors (Lipinski definition) is 1. The second-order valence-corrected chi connectivity index (χ2v) is 8.17. The van der Waals surface area contributed by atoms with Crippen molar-refractivity contribution >= 4 is 45.0 Å². The van der Waals surface area contributed by atoms with Gasteiger partial charge >= 0.3 is 0 Å². The van der Waals surface area contributed by atoms with E-state index in [1.54, 1.807) is 10.9 Å². The summed E-state index contributed by atoms with van der Waals surface area (Å²) in [6.45, 7) is 2.60. The third kappa shape index (κ3) is 4.68. The first kappa shape index (κ1) is 19.7. The summed E-state index contributed by atoms with van der Waals surface area (Å²) < 4.78 is 2.64. The van der Waals surface area contributed by atoms with E-state index in [9.17, 15) is 4.79 Å². The molecule has 4 rings (SSSR count). The largest absolute Gasteiger partial charge is 0.382 e. The minimum Gasteiger partial charge on any atom is -0.382 e. The summed E-state index contributed by atoms with van der Waals surface area (Å²) in [5, 5.41) is 11.6.